The number of hydrogen-bond donors (Lipinski definition) is 2. The molecule has 0 saturated carbocycles. The Morgan fingerprint density at radius 3 is 3.14 bits per heavy atom. The summed E-state index contributed by atoms with van der Waals surface area (Å²) in [5, 5.41) is 15.9. The summed E-state index contributed by atoms with van der Waals surface area (Å²) in [5.41, 5.74) is 1.03. The summed E-state index contributed by atoms with van der Waals surface area (Å²) >= 11 is 1.60. The molecule has 2 rings (SSSR count). The minimum atomic E-state index is -0.788. The van der Waals surface area contributed by atoms with Crippen LogP contribution in [0.3, 0.4) is 0 Å². The van der Waals surface area contributed by atoms with Crippen molar-refractivity contribution in [2.45, 2.75) is 11.4 Å². The molecule has 0 bridgehead atoms. The largest absolute Gasteiger partial charge is 0.480 e. The fraction of sp³-hybridized carbons (Fsp3) is 0.500. The fourth-order valence-electron chi connectivity index (χ4n) is 1.38. The Balaban J connectivity index is 2.05. The highest BCUT2D eigenvalue weighted by atomic mass is 32.2. The standard InChI is InChI=1S/C8H11N3O2S/c1-11-3-5(2-9-11)7-10-6(4-14-7)8(12)13/h2-3,6-7,10H,4H2,1H3,(H,12,13)/t6-,7-/m0/s1. The number of aryl methyl sites for hydroxylation is 1. The number of nitrogens with zero attached hydrogens (tertiary/aromatic N) is 2. The van der Waals surface area contributed by atoms with Crippen LogP contribution in [0.15, 0.2) is 12.4 Å². The summed E-state index contributed by atoms with van der Waals surface area (Å²) in [5.74, 6) is -0.182. The highest BCUT2D eigenvalue weighted by Gasteiger charge is 2.30. The van der Waals surface area contributed by atoms with Gasteiger partial charge in [0.05, 0.1) is 11.6 Å². The summed E-state index contributed by atoms with van der Waals surface area (Å²) in [6, 6.07) is -0.440. The number of thioether (sulfide) groups is 1. The van der Waals surface area contributed by atoms with E-state index in [0.717, 1.165) is 5.56 Å². The third-order valence-corrected chi connectivity index (χ3v) is 3.38. The molecule has 2 atom stereocenters. The zero-order valence-corrected chi connectivity index (χ0v) is 8.49. The molecule has 0 unspecified atom stereocenters. The molecule has 0 amide bonds. The van der Waals surface area contributed by atoms with E-state index in [0.29, 0.717) is 5.75 Å². The molecule has 76 valence electrons. The van der Waals surface area contributed by atoms with Gasteiger partial charge in [0.1, 0.15) is 6.04 Å². The minimum absolute atomic E-state index is 0.0600. The molecule has 6 heteroatoms. The molecular weight excluding hydrogens is 202 g/mol. The van der Waals surface area contributed by atoms with E-state index >= 15 is 0 Å². The average Bonchev–Trinajstić information content (AvgIpc) is 2.70. The summed E-state index contributed by atoms with van der Waals surface area (Å²) < 4.78 is 1.71. The van der Waals surface area contributed by atoms with Crippen molar-refractivity contribution in [3.8, 4) is 0 Å². The summed E-state index contributed by atoms with van der Waals surface area (Å²) in [6.07, 6.45) is 3.66. The first-order valence-corrected chi connectivity index (χ1v) is 5.30. The van der Waals surface area contributed by atoms with Crippen molar-refractivity contribution in [2.24, 2.45) is 7.05 Å². The SMILES string of the molecule is Cn1cc([C@H]2N[C@H](C(=O)O)CS2)cn1. The number of hydrogen-bond acceptors (Lipinski definition) is 4. The normalized spacial score (nSPS) is 26.6. The van der Waals surface area contributed by atoms with Crippen molar-refractivity contribution in [3.05, 3.63) is 18.0 Å². The number of carboxylic acids is 1. The van der Waals surface area contributed by atoms with Crippen LogP contribution >= 0.6 is 11.8 Å². The lowest BCUT2D eigenvalue weighted by Crippen LogP contribution is -2.33. The van der Waals surface area contributed by atoms with Crippen molar-refractivity contribution in [2.75, 3.05) is 5.75 Å². The second-order valence-electron chi connectivity index (χ2n) is 3.22. The first-order valence-electron chi connectivity index (χ1n) is 4.26. The zero-order chi connectivity index (χ0) is 10.1. The molecule has 1 aromatic rings. The summed E-state index contributed by atoms with van der Waals surface area (Å²) in [4.78, 5) is 10.7. The molecule has 0 radical (unpaired) electrons. The van der Waals surface area contributed by atoms with Crippen molar-refractivity contribution < 1.29 is 9.90 Å². The highest BCUT2D eigenvalue weighted by molar-refractivity contribution is 7.99. The first kappa shape index (κ1) is 9.54. The minimum Gasteiger partial charge on any atom is -0.480 e. The Morgan fingerprint density at radius 1 is 1.86 bits per heavy atom. The van der Waals surface area contributed by atoms with E-state index < -0.39 is 12.0 Å². The lowest BCUT2D eigenvalue weighted by Gasteiger charge is -2.07. The molecule has 0 spiro atoms. The third kappa shape index (κ3) is 1.76. The topological polar surface area (TPSA) is 67.2 Å². The van der Waals surface area contributed by atoms with E-state index in [1.165, 1.54) is 0 Å². The Kier molecular flexibility index (Phi) is 2.47. The lowest BCUT2D eigenvalue weighted by molar-refractivity contribution is -0.138. The molecule has 1 fully saturated rings. The van der Waals surface area contributed by atoms with Crippen LogP contribution in [0.5, 0.6) is 0 Å². The number of aliphatic carboxylic acids is 1. The first-order chi connectivity index (χ1) is 6.66. The average molecular weight is 213 g/mol. The van der Waals surface area contributed by atoms with Gasteiger partial charge in [-0.25, -0.2) is 0 Å². The van der Waals surface area contributed by atoms with Crippen molar-refractivity contribution in [3.63, 3.8) is 0 Å². The van der Waals surface area contributed by atoms with E-state index in [-0.39, 0.29) is 5.37 Å². The number of carboxylic acid groups (broad SMARTS) is 1. The van der Waals surface area contributed by atoms with Crippen LogP contribution in [0.2, 0.25) is 0 Å². The molecule has 5 nitrogen and oxygen atoms in total. The van der Waals surface area contributed by atoms with E-state index in [4.69, 9.17) is 5.11 Å². The Bertz CT molecular complexity index is 352. The van der Waals surface area contributed by atoms with Gasteiger partial charge in [-0.3, -0.25) is 14.8 Å². The molecule has 14 heavy (non-hydrogen) atoms. The predicted octanol–water partition coefficient (Wildman–Crippen LogP) is 0.208. The third-order valence-electron chi connectivity index (χ3n) is 2.11. The molecule has 1 saturated heterocycles. The van der Waals surface area contributed by atoms with Crippen LogP contribution in [0, 0.1) is 0 Å². The van der Waals surface area contributed by atoms with Crippen LogP contribution in [-0.4, -0.2) is 32.7 Å². The Morgan fingerprint density at radius 2 is 2.64 bits per heavy atom. The number of aromatic nitrogens is 2. The molecule has 1 aliphatic rings. The van der Waals surface area contributed by atoms with Crippen LogP contribution in [0.25, 0.3) is 0 Å². The van der Waals surface area contributed by atoms with Gasteiger partial charge in [-0.2, -0.15) is 5.10 Å². The molecule has 1 aliphatic heterocycles. The summed E-state index contributed by atoms with van der Waals surface area (Å²) in [6.45, 7) is 0. The van der Waals surface area contributed by atoms with Gasteiger partial charge in [0.15, 0.2) is 0 Å². The fourth-order valence-corrected chi connectivity index (χ4v) is 2.58. The predicted molar refractivity (Wildman–Crippen MR) is 53.0 cm³/mol. The van der Waals surface area contributed by atoms with Crippen LogP contribution in [0.4, 0.5) is 0 Å². The van der Waals surface area contributed by atoms with E-state index in [9.17, 15) is 4.79 Å². The molecule has 0 aliphatic carbocycles. The molecular formula is C8H11N3O2S. The molecule has 2 heterocycles. The van der Waals surface area contributed by atoms with Gasteiger partial charge in [-0.1, -0.05) is 0 Å². The highest BCUT2D eigenvalue weighted by Crippen LogP contribution is 2.32. The van der Waals surface area contributed by atoms with Crippen LogP contribution in [0.1, 0.15) is 10.9 Å². The molecule has 2 N–H and O–H groups in total. The molecule has 1 aromatic heterocycles. The summed E-state index contributed by atoms with van der Waals surface area (Å²) in [7, 11) is 1.85. The molecule has 0 aromatic carbocycles. The second-order valence-corrected chi connectivity index (χ2v) is 4.36. The number of rotatable bonds is 2. The van der Waals surface area contributed by atoms with Gasteiger partial charge in [-0.05, 0) is 0 Å². The Labute approximate surface area is 85.5 Å². The number of nitrogens with one attached hydrogen (secondary N) is 1. The van der Waals surface area contributed by atoms with E-state index in [1.807, 2.05) is 13.2 Å². The maximum atomic E-state index is 10.7. The number of carbonyl (C=O) groups is 1. The van der Waals surface area contributed by atoms with Crippen LogP contribution < -0.4 is 5.32 Å². The van der Waals surface area contributed by atoms with Crippen molar-refractivity contribution in [1.82, 2.24) is 15.1 Å². The van der Waals surface area contributed by atoms with Gasteiger partial charge in [0, 0.05) is 24.6 Å². The van der Waals surface area contributed by atoms with Crippen molar-refractivity contribution >= 4 is 17.7 Å². The van der Waals surface area contributed by atoms with E-state index in [1.54, 1.807) is 22.6 Å². The zero-order valence-electron chi connectivity index (χ0n) is 7.67. The smallest absolute Gasteiger partial charge is 0.321 e. The lowest BCUT2D eigenvalue weighted by atomic mass is 10.3. The maximum Gasteiger partial charge on any atom is 0.321 e. The maximum absolute atomic E-state index is 10.7. The van der Waals surface area contributed by atoms with Gasteiger partial charge < -0.3 is 5.11 Å². The monoisotopic (exact) mass is 213 g/mol. The van der Waals surface area contributed by atoms with Gasteiger partial charge in [-0.15, -0.1) is 11.8 Å². The Hall–Kier alpha value is -1.01. The van der Waals surface area contributed by atoms with E-state index in [2.05, 4.69) is 10.4 Å². The second kappa shape index (κ2) is 3.62. The quantitative estimate of drug-likeness (QED) is 0.735. The van der Waals surface area contributed by atoms with Gasteiger partial charge >= 0.3 is 5.97 Å². The van der Waals surface area contributed by atoms with Gasteiger partial charge in [0.2, 0.25) is 0 Å². The van der Waals surface area contributed by atoms with Gasteiger partial charge in [0.25, 0.3) is 0 Å². The van der Waals surface area contributed by atoms with Crippen LogP contribution in [-0.2, 0) is 11.8 Å². The van der Waals surface area contributed by atoms with Crippen molar-refractivity contribution in [1.29, 1.82) is 0 Å².